The highest BCUT2D eigenvalue weighted by molar-refractivity contribution is 5.81. The first-order chi connectivity index (χ1) is 6.79. The molecule has 84 valence electrons. The van der Waals surface area contributed by atoms with E-state index in [1.54, 1.807) is 6.08 Å². The molecule has 0 spiro atoms. The highest BCUT2D eigenvalue weighted by Gasteiger charge is 2.43. The molecule has 0 bridgehead atoms. The Kier molecular flexibility index (Phi) is 3.17. The van der Waals surface area contributed by atoms with Crippen molar-refractivity contribution < 1.29 is 19.4 Å². The van der Waals surface area contributed by atoms with E-state index in [-0.39, 0.29) is 17.8 Å². The van der Waals surface area contributed by atoms with Gasteiger partial charge in [0.2, 0.25) is 0 Å². The molecule has 1 aliphatic carbocycles. The number of allylic oxidation sites excluding steroid dienone is 1. The van der Waals surface area contributed by atoms with E-state index in [1.165, 1.54) is 0 Å². The van der Waals surface area contributed by atoms with Gasteiger partial charge in [0.25, 0.3) is 0 Å². The molecule has 1 fully saturated rings. The average Bonchev–Trinajstić information content (AvgIpc) is 2.75. The zero-order valence-electron chi connectivity index (χ0n) is 9.19. The van der Waals surface area contributed by atoms with Crippen LogP contribution in [0, 0.1) is 11.8 Å². The first-order valence-corrected chi connectivity index (χ1v) is 4.93. The summed E-state index contributed by atoms with van der Waals surface area (Å²) in [5, 5.41) is 8.40. The number of carboxylic acid groups (broad SMARTS) is 1. The summed E-state index contributed by atoms with van der Waals surface area (Å²) in [6, 6.07) is 0. The van der Waals surface area contributed by atoms with Crippen LogP contribution >= 0.6 is 0 Å². The zero-order chi connectivity index (χ0) is 11.6. The standard InChI is InChI=1S/C11H16O4/c1-11(2,3)15-10(14)8-6-7(8)4-5-9(12)13/h4-5,7-8H,6H2,1-3H3,(H,12,13)/t7-,8-/m0/s1. The first kappa shape index (κ1) is 11.8. The highest BCUT2D eigenvalue weighted by atomic mass is 16.6. The van der Waals surface area contributed by atoms with Gasteiger partial charge in [-0.3, -0.25) is 4.79 Å². The van der Waals surface area contributed by atoms with Crippen LogP contribution in [0.3, 0.4) is 0 Å². The molecule has 0 amide bonds. The maximum absolute atomic E-state index is 11.5. The second kappa shape index (κ2) is 4.04. The van der Waals surface area contributed by atoms with Gasteiger partial charge in [0, 0.05) is 6.08 Å². The molecule has 4 heteroatoms. The van der Waals surface area contributed by atoms with E-state index < -0.39 is 11.6 Å². The Bertz CT molecular complexity index is 298. The molecule has 0 aromatic heterocycles. The summed E-state index contributed by atoms with van der Waals surface area (Å²) in [4.78, 5) is 21.7. The molecule has 0 aliphatic heterocycles. The van der Waals surface area contributed by atoms with E-state index in [0.29, 0.717) is 6.42 Å². The smallest absolute Gasteiger partial charge is 0.327 e. The molecule has 2 atom stereocenters. The van der Waals surface area contributed by atoms with Crippen LogP contribution in [0.1, 0.15) is 27.2 Å². The van der Waals surface area contributed by atoms with Crippen molar-refractivity contribution in [1.82, 2.24) is 0 Å². The number of carbonyl (C=O) groups excluding carboxylic acids is 1. The molecular weight excluding hydrogens is 196 g/mol. The summed E-state index contributed by atoms with van der Waals surface area (Å²) in [6.07, 6.45) is 3.32. The molecule has 0 heterocycles. The average molecular weight is 212 g/mol. The number of hydrogen-bond acceptors (Lipinski definition) is 3. The van der Waals surface area contributed by atoms with Crippen molar-refractivity contribution in [1.29, 1.82) is 0 Å². The van der Waals surface area contributed by atoms with Gasteiger partial charge in [-0.1, -0.05) is 6.08 Å². The third-order valence-corrected chi connectivity index (χ3v) is 2.04. The van der Waals surface area contributed by atoms with Crippen LogP contribution in [-0.2, 0) is 14.3 Å². The quantitative estimate of drug-likeness (QED) is 0.570. The molecule has 0 saturated heterocycles. The summed E-state index contributed by atoms with van der Waals surface area (Å²) in [5.74, 6) is -1.33. The molecular formula is C11H16O4. The summed E-state index contributed by atoms with van der Waals surface area (Å²) in [7, 11) is 0. The van der Waals surface area contributed by atoms with E-state index in [4.69, 9.17) is 9.84 Å². The van der Waals surface area contributed by atoms with Crippen LogP contribution in [0.4, 0.5) is 0 Å². The molecule has 1 N–H and O–H groups in total. The van der Waals surface area contributed by atoms with Crippen molar-refractivity contribution in [3.63, 3.8) is 0 Å². The zero-order valence-corrected chi connectivity index (χ0v) is 9.19. The highest BCUT2D eigenvalue weighted by Crippen LogP contribution is 2.41. The van der Waals surface area contributed by atoms with Gasteiger partial charge in [-0.05, 0) is 33.1 Å². The third kappa shape index (κ3) is 4.14. The van der Waals surface area contributed by atoms with Gasteiger partial charge >= 0.3 is 11.9 Å². The molecule has 1 aliphatic rings. The van der Waals surface area contributed by atoms with Crippen LogP contribution in [0.15, 0.2) is 12.2 Å². The Morgan fingerprint density at radius 1 is 1.40 bits per heavy atom. The number of hydrogen-bond donors (Lipinski definition) is 1. The van der Waals surface area contributed by atoms with Crippen molar-refractivity contribution >= 4 is 11.9 Å². The number of esters is 1. The van der Waals surface area contributed by atoms with Crippen LogP contribution < -0.4 is 0 Å². The van der Waals surface area contributed by atoms with Crippen LogP contribution in [0.2, 0.25) is 0 Å². The van der Waals surface area contributed by atoms with Crippen molar-refractivity contribution in [2.75, 3.05) is 0 Å². The predicted octanol–water partition coefficient (Wildman–Crippen LogP) is 1.60. The lowest BCUT2D eigenvalue weighted by Crippen LogP contribution is -2.25. The Morgan fingerprint density at radius 2 is 2.00 bits per heavy atom. The second-order valence-electron chi connectivity index (χ2n) is 4.74. The number of aliphatic carboxylic acids is 1. The van der Waals surface area contributed by atoms with E-state index in [0.717, 1.165) is 6.08 Å². The summed E-state index contributed by atoms with van der Waals surface area (Å²) in [5.41, 5.74) is -0.471. The number of carbonyl (C=O) groups is 2. The van der Waals surface area contributed by atoms with Crippen molar-refractivity contribution in [2.24, 2.45) is 11.8 Å². The summed E-state index contributed by atoms with van der Waals surface area (Å²) in [6.45, 7) is 5.44. The molecule has 0 aromatic carbocycles. The van der Waals surface area contributed by atoms with Crippen LogP contribution in [0.5, 0.6) is 0 Å². The van der Waals surface area contributed by atoms with E-state index in [1.807, 2.05) is 20.8 Å². The first-order valence-electron chi connectivity index (χ1n) is 4.93. The van der Waals surface area contributed by atoms with Gasteiger partial charge in [0.1, 0.15) is 5.60 Å². The Labute approximate surface area is 88.9 Å². The molecule has 1 saturated carbocycles. The van der Waals surface area contributed by atoms with E-state index in [9.17, 15) is 9.59 Å². The lowest BCUT2D eigenvalue weighted by Gasteiger charge is -2.19. The maximum atomic E-state index is 11.5. The summed E-state index contributed by atoms with van der Waals surface area (Å²) < 4.78 is 5.18. The minimum Gasteiger partial charge on any atom is -0.478 e. The third-order valence-electron chi connectivity index (χ3n) is 2.04. The van der Waals surface area contributed by atoms with Gasteiger partial charge in [0.15, 0.2) is 0 Å². The maximum Gasteiger partial charge on any atom is 0.327 e. The fourth-order valence-corrected chi connectivity index (χ4v) is 1.28. The largest absolute Gasteiger partial charge is 0.478 e. The van der Waals surface area contributed by atoms with Gasteiger partial charge in [-0.25, -0.2) is 4.79 Å². The van der Waals surface area contributed by atoms with Crippen LogP contribution in [-0.4, -0.2) is 22.6 Å². The summed E-state index contributed by atoms with van der Waals surface area (Å²) >= 11 is 0. The van der Waals surface area contributed by atoms with Gasteiger partial charge in [0.05, 0.1) is 5.92 Å². The molecule has 1 rings (SSSR count). The Balaban J connectivity index is 2.38. The fraction of sp³-hybridized carbons (Fsp3) is 0.636. The minimum absolute atomic E-state index is 0.0379. The van der Waals surface area contributed by atoms with Gasteiger partial charge in [-0.15, -0.1) is 0 Å². The lowest BCUT2D eigenvalue weighted by molar-refractivity contribution is -0.156. The fourth-order valence-electron chi connectivity index (χ4n) is 1.28. The van der Waals surface area contributed by atoms with Crippen molar-refractivity contribution in [2.45, 2.75) is 32.8 Å². The van der Waals surface area contributed by atoms with Gasteiger partial charge in [-0.2, -0.15) is 0 Å². The SMILES string of the molecule is CC(C)(C)OC(=O)[C@H]1C[C@@H]1C=CC(=O)O. The normalized spacial score (nSPS) is 25.3. The topological polar surface area (TPSA) is 63.6 Å². The van der Waals surface area contributed by atoms with Gasteiger partial charge < -0.3 is 9.84 Å². The van der Waals surface area contributed by atoms with Crippen molar-refractivity contribution in [3.05, 3.63) is 12.2 Å². The van der Waals surface area contributed by atoms with E-state index in [2.05, 4.69) is 0 Å². The molecule has 0 radical (unpaired) electrons. The second-order valence-corrected chi connectivity index (χ2v) is 4.74. The van der Waals surface area contributed by atoms with E-state index >= 15 is 0 Å². The predicted molar refractivity (Wildman–Crippen MR) is 54.2 cm³/mol. The number of carboxylic acids is 1. The van der Waals surface area contributed by atoms with Crippen LogP contribution in [0.25, 0.3) is 0 Å². The molecule has 4 nitrogen and oxygen atoms in total. The Hall–Kier alpha value is -1.32. The Morgan fingerprint density at radius 3 is 2.47 bits per heavy atom. The lowest BCUT2D eigenvalue weighted by atomic mass is 10.2. The van der Waals surface area contributed by atoms with Crippen molar-refractivity contribution in [3.8, 4) is 0 Å². The molecule has 0 aromatic rings. The monoisotopic (exact) mass is 212 g/mol. The number of ether oxygens (including phenoxy) is 1. The molecule has 0 unspecified atom stereocenters. The molecule has 15 heavy (non-hydrogen) atoms. The minimum atomic E-state index is -0.982. The number of rotatable bonds is 3.